The number of hydrogen-bond acceptors (Lipinski definition) is 0. The van der Waals surface area contributed by atoms with E-state index in [1.807, 2.05) is 0 Å². The van der Waals surface area contributed by atoms with Crippen LogP contribution in [0.5, 0.6) is 0 Å². The Hall–Kier alpha value is -0.910. The van der Waals surface area contributed by atoms with Gasteiger partial charge in [-0.25, -0.2) is 0 Å². The summed E-state index contributed by atoms with van der Waals surface area (Å²) in [5, 5.41) is 0. The van der Waals surface area contributed by atoms with Crippen LogP contribution in [-0.2, 0) is 18.5 Å². The number of benzene rings is 1. The van der Waals surface area contributed by atoms with Gasteiger partial charge >= 0.3 is 12.4 Å². The first-order valence-corrected chi connectivity index (χ1v) is 4.98. The lowest BCUT2D eigenvalue weighted by Crippen LogP contribution is -2.13. The smallest absolute Gasteiger partial charge is 0.171 e. The molecule has 0 N–H and O–H groups in total. The summed E-state index contributed by atoms with van der Waals surface area (Å²) < 4.78 is 73.5. The summed E-state index contributed by atoms with van der Waals surface area (Å²) >= 11 is 5.34. The van der Waals surface area contributed by atoms with Gasteiger partial charge in [-0.1, -0.05) is 6.07 Å². The number of alkyl halides is 7. The topological polar surface area (TPSA) is 0 Å². The zero-order valence-electron chi connectivity index (χ0n) is 8.29. The predicted molar refractivity (Wildman–Crippen MR) is 50.8 cm³/mol. The Kier molecular flexibility index (Phi) is 3.96. The van der Waals surface area contributed by atoms with Gasteiger partial charge in [-0.15, -0.1) is 11.6 Å². The minimum atomic E-state index is -4.68. The lowest BCUT2D eigenvalue weighted by atomic mass is 10.0. The highest BCUT2D eigenvalue weighted by Gasteiger charge is 2.33. The molecule has 0 nitrogen and oxygen atoms in total. The average Bonchev–Trinajstić information content (AvgIpc) is 2.13. The van der Waals surface area contributed by atoms with Crippen molar-refractivity contribution < 1.29 is 26.3 Å². The summed E-state index contributed by atoms with van der Waals surface area (Å²) in [6.45, 7) is 0. The average molecular weight is 277 g/mol. The van der Waals surface area contributed by atoms with E-state index in [0.717, 1.165) is 12.1 Å². The van der Waals surface area contributed by atoms with Crippen molar-refractivity contribution in [2.45, 2.75) is 24.7 Å². The van der Waals surface area contributed by atoms with Crippen LogP contribution < -0.4 is 0 Å². The van der Waals surface area contributed by atoms with E-state index in [9.17, 15) is 26.3 Å². The van der Waals surface area contributed by atoms with Crippen LogP contribution in [0.4, 0.5) is 26.3 Å². The molecule has 1 rings (SSSR count). The van der Waals surface area contributed by atoms with Crippen LogP contribution >= 0.6 is 11.6 Å². The third-order valence-electron chi connectivity index (χ3n) is 1.94. The summed E-state index contributed by atoms with van der Waals surface area (Å²) in [6, 6.07) is 2.26. The van der Waals surface area contributed by atoms with Crippen LogP contribution in [0.3, 0.4) is 0 Å². The molecule has 7 heteroatoms. The van der Waals surface area contributed by atoms with E-state index in [-0.39, 0.29) is 11.4 Å². The highest BCUT2D eigenvalue weighted by Crippen LogP contribution is 2.32. The quantitative estimate of drug-likeness (QED) is 0.549. The Morgan fingerprint density at radius 2 is 1.41 bits per heavy atom. The third kappa shape index (κ3) is 4.46. The molecular weight excluding hydrogens is 270 g/mol. The highest BCUT2D eigenvalue weighted by atomic mass is 35.5. The maximum atomic E-state index is 12.4. The van der Waals surface area contributed by atoms with Crippen molar-refractivity contribution in [3.8, 4) is 0 Å². The fourth-order valence-corrected chi connectivity index (χ4v) is 1.49. The van der Waals surface area contributed by atoms with E-state index in [2.05, 4.69) is 0 Å². The second-order valence-electron chi connectivity index (χ2n) is 3.46. The van der Waals surface area contributed by atoms with Gasteiger partial charge in [-0.3, -0.25) is 0 Å². The summed E-state index contributed by atoms with van der Waals surface area (Å²) in [6.07, 6.45) is -10.6. The van der Waals surface area contributed by atoms with Gasteiger partial charge in [-0.2, -0.15) is 26.3 Å². The van der Waals surface area contributed by atoms with Gasteiger partial charge in [0.1, 0.15) is 0 Å². The Bertz CT molecular complexity index is 393. The molecule has 96 valence electrons. The van der Waals surface area contributed by atoms with Gasteiger partial charge in [-0.05, 0) is 23.3 Å². The van der Waals surface area contributed by atoms with Crippen molar-refractivity contribution in [1.29, 1.82) is 0 Å². The van der Waals surface area contributed by atoms with Gasteiger partial charge in [0, 0.05) is 5.88 Å². The van der Waals surface area contributed by atoms with Gasteiger partial charge in [0.05, 0.1) is 12.0 Å². The van der Waals surface area contributed by atoms with Crippen molar-refractivity contribution in [1.82, 2.24) is 0 Å². The van der Waals surface area contributed by atoms with E-state index < -0.39 is 29.9 Å². The van der Waals surface area contributed by atoms with Gasteiger partial charge in [0.25, 0.3) is 0 Å². The SMILES string of the molecule is FC(F)(F)Cc1cc(CCl)cc(C(F)(F)F)c1. The Morgan fingerprint density at radius 3 is 1.82 bits per heavy atom. The molecular formula is C10H7ClF6. The van der Waals surface area contributed by atoms with Crippen LogP contribution in [0.2, 0.25) is 0 Å². The molecule has 0 aliphatic carbocycles. The molecule has 0 aliphatic heterocycles. The fraction of sp³-hybridized carbons (Fsp3) is 0.400. The van der Waals surface area contributed by atoms with Crippen molar-refractivity contribution >= 4 is 11.6 Å². The maximum Gasteiger partial charge on any atom is 0.416 e. The Balaban J connectivity index is 3.15. The number of hydrogen-bond donors (Lipinski definition) is 0. The van der Waals surface area contributed by atoms with Crippen molar-refractivity contribution in [3.05, 3.63) is 34.9 Å². The minimum absolute atomic E-state index is 0.0146. The predicted octanol–water partition coefficient (Wildman–Crippen LogP) is 4.55. The normalized spacial score (nSPS) is 12.9. The van der Waals surface area contributed by atoms with E-state index in [1.165, 1.54) is 0 Å². The molecule has 17 heavy (non-hydrogen) atoms. The Morgan fingerprint density at radius 1 is 0.882 bits per heavy atom. The molecule has 0 fully saturated rings. The second-order valence-corrected chi connectivity index (χ2v) is 3.73. The molecule has 0 atom stereocenters. The molecule has 1 aromatic carbocycles. The zero-order chi connectivity index (χ0) is 13.3. The molecule has 0 heterocycles. The summed E-state index contributed by atoms with van der Waals surface area (Å²) in [5.41, 5.74) is -1.54. The monoisotopic (exact) mass is 276 g/mol. The molecule has 0 spiro atoms. The van der Waals surface area contributed by atoms with Crippen LogP contribution in [-0.4, -0.2) is 6.18 Å². The van der Waals surface area contributed by atoms with E-state index in [1.54, 1.807) is 0 Å². The first-order chi connectivity index (χ1) is 7.62. The van der Waals surface area contributed by atoms with Crippen molar-refractivity contribution in [3.63, 3.8) is 0 Å². The molecule has 0 saturated heterocycles. The highest BCUT2D eigenvalue weighted by molar-refractivity contribution is 6.17. The van der Waals surface area contributed by atoms with Crippen molar-refractivity contribution in [2.24, 2.45) is 0 Å². The first-order valence-electron chi connectivity index (χ1n) is 4.44. The Labute approximate surface area is 98.2 Å². The van der Waals surface area contributed by atoms with E-state index in [0.29, 0.717) is 6.07 Å². The van der Waals surface area contributed by atoms with Crippen LogP contribution in [0.1, 0.15) is 16.7 Å². The zero-order valence-corrected chi connectivity index (χ0v) is 9.05. The fourth-order valence-electron chi connectivity index (χ4n) is 1.34. The molecule has 0 saturated carbocycles. The summed E-state index contributed by atoms with van der Waals surface area (Å²) in [7, 11) is 0. The van der Waals surface area contributed by atoms with E-state index >= 15 is 0 Å². The largest absolute Gasteiger partial charge is 0.416 e. The molecule has 0 unspecified atom stereocenters. The molecule has 0 amide bonds. The van der Waals surface area contributed by atoms with Crippen LogP contribution in [0.15, 0.2) is 18.2 Å². The van der Waals surface area contributed by atoms with Gasteiger partial charge in [0.15, 0.2) is 0 Å². The van der Waals surface area contributed by atoms with E-state index in [4.69, 9.17) is 11.6 Å². The van der Waals surface area contributed by atoms with Crippen LogP contribution in [0, 0.1) is 0 Å². The molecule has 0 aromatic heterocycles. The molecule has 0 radical (unpaired) electrons. The lowest BCUT2D eigenvalue weighted by Gasteiger charge is -2.12. The summed E-state index contributed by atoms with van der Waals surface area (Å²) in [4.78, 5) is 0. The maximum absolute atomic E-state index is 12.4. The number of halogens is 7. The van der Waals surface area contributed by atoms with Crippen molar-refractivity contribution in [2.75, 3.05) is 0 Å². The number of rotatable bonds is 2. The standard InChI is InChI=1S/C10H7ClF6/c11-5-7-1-6(4-9(12,13)14)2-8(3-7)10(15,16)17/h1-3H,4-5H2. The second kappa shape index (κ2) is 4.76. The minimum Gasteiger partial charge on any atom is -0.171 e. The molecule has 0 bridgehead atoms. The molecule has 0 aliphatic rings. The van der Waals surface area contributed by atoms with Gasteiger partial charge < -0.3 is 0 Å². The first kappa shape index (κ1) is 14.2. The van der Waals surface area contributed by atoms with Crippen LogP contribution in [0.25, 0.3) is 0 Å². The van der Waals surface area contributed by atoms with Gasteiger partial charge in [0.2, 0.25) is 0 Å². The third-order valence-corrected chi connectivity index (χ3v) is 2.25. The molecule has 1 aromatic rings. The summed E-state index contributed by atoms with van der Waals surface area (Å²) in [5.74, 6) is -0.269. The lowest BCUT2D eigenvalue weighted by molar-refractivity contribution is -0.138.